The molecule has 5 nitrogen and oxygen atoms in total. The van der Waals surface area contributed by atoms with E-state index in [9.17, 15) is 4.79 Å². The molecule has 2 aromatic carbocycles. The van der Waals surface area contributed by atoms with E-state index in [1.54, 1.807) is 23.6 Å². The highest BCUT2D eigenvalue weighted by Gasteiger charge is 2.31. The van der Waals surface area contributed by atoms with Gasteiger partial charge in [-0.25, -0.2) is 4.68 Å². The molecule has 4 rings (SSSR count). The number of halogens is 1. The Morgan fingerprint density at radius 1 is 1.26 bits per heavy atom. The van der Waals surface area contributed by atoms with E-state index >= 15 is 0 Å². The Hall–Kier alpha value is -2.44. The molecule has 0 saturated carbocycles. The van der Waals surface area contributed by atoms with Crippen molar-refractivity contribution < 1.29 is 9.53 Å². The van der Waals surface area contributed by atoms with E-state index in [2.05, 4.69) is 5.32 Å². The van der Waals surface area contributed by atoms with Crippen molar-refractivity contribution >= 4 is 35.1 Å². The number of carbonyl (C=O) groups is 1. The Bertz CT molecular complexity index is 1020. The summed E-state index contributed by atoms with van der Waals surface area (Å²) in [7, 11) is 1.65. The zero-order valence-electron chi connectivity index (χ0n) is 14.9. The van der Waals surface area contributed by atoms with Gasteiger partial charge in [-0.2, -0.15) is 5.10 Å². The number of amides is 1. The smallest absolute Gasteiger partial charge is 0.235 e. The van der Waals surface area contributed by atoms with Crippen LogP contribution in [0.15, 0.2) is 48.5 Å². The molecule has 138 valence electrons. The van der Waals surface area contributed by atoms with Crippen LogP contribution in [0.25, 0.3) is 5.69 Å². The fourth-order valence-electron chi connectivity index (χ4n) is 3.25. The van der Waals surface area contributed by atoms with Crippen LogP contribution in [0.2, 0.25) is 5.02 Å². The van der Waals surface area contributed by atoms with Crippen molar-refractivity contribution in [2.45, 2.75) is 12.2 Å². The number of hydrogen-bond donors (Lipinski definition) is 1. The molecule has 0 spiro atoms. The number of carbonyl (C=O) groups excluding carboxylic acids is 1. The number of rotatable bonds is 3. The van der Waals surface area contributed by atoms with Gasteiger partial charge in [0.25, 0.3) is 0 Å². The fourth-order valence-corrected chi connectivity index (χ4v) is 4.64. The lowest BCUT2D eigenvalue weighted by Gasteiger charge is -2.16. The van der Waals surface area contributed by atoms with Crippen molar-refractivity contribution in [3.63, 3.8) is 0 Å². The highest BCUT2D eigenvalue weighted by Crippen LogP contribution is 2.44. The van der Waals surface area contributed by atoms with Crippen LogP contribution in [0.5, 0.6) is 5.75 Å². The van der Waals surface area contributed by atoms with Gasteiger partial charge in [-0.15, -0.1) is 11.8 Å². The normalized spacial score (nSPS) is 16.4. The van der Waals surface area contributed by atoms with Gasteiger partial charge in [0.15, 0.2) is 0 Å². The Labute approximate surface area is 166 Å². The third-order valence-electron chi connectivity index (χ3n) is 4.48. The van der Waals surface area contributed by atoms with Gasteiger partial charge in [0.2, 0.25) is 5.91 Å². The number of anilines is 1. The molecule has 3 aromatic rings. The number of fused-ring (bicyclic) bond motifs is 1. The second kappa shape index (κ2) is 7.29. The number of aromatic nitrogens is 2. The second-order valence-electron chi connectivity index (χ2n) is 6.23. The van der Waals surface area contributed by atoms with Crippen molar-refractivity contribution in [2.75, 3.05) is 18.2 Å². The molecule has 0 saturated heterocycles. The molecule has 0 fully saturated rings. The first-order chi connectivity index (χ1) is 13.1. The fraction of sp³-hybridized carbons (Fsp3) is 0.200. The Morgan fingerprint density at radius 3 is 2.85 bits per heavy atom. The van der Waals surface area contributed by atoms with Crippen molar-refractivity contribution in [1.29, 1.82) is 0 Å². The molecule has 1 atom stereocenters. The SMILES string of the molecule is COc1cccc([C@H]2SCC(=O)Nc3c2c(C)nn3-c2ccccc2Cl)c1. The maximum absolute atomic E-state index is 12.4. The first-order valence-corrected chi connectivity index (χ1v) is 9.91. The molecule has 1 amide bonds. The summed E-state index contributed by atoms with van der Waals surface area (Å²) in [5, 5.41) is 8.25. The molecule has 1 N–H and O–H groups in total. The zero-order valence-corrected chi connectivity index (χ0v) is 16.5. The average molecular weight is 400 g/mol. The topological polar surface area (TPSA) is 56.1 Å². The van der Waals surface area contributed by atoms with Crippen LogP contribution in [-0.2, 0) is 4.79 Å². The third kappa shape index (κ3) is 3.31. The summed E-state index contributed by atoms with van der Waals surface area (Å²) in [4.78, 5) is 12.4. The number of thioether (sulfide) groups is 1. The van der Waals surface area contributed by atoms with Gasteiger partial charge in [-0.05, 0) is 36.8 Å². The van der Waals surface area contributed by atoms with Gasteiger partial charge in [0, 0.05) is 5.56 Å². The summed E-state index contributed by atoms with van der Waals surface area (Å²) in [5.74, 6) is 1.76. The summed E-state index contributed by atoms with van der Waals surface area (Å²) >= 11 is 7.97. The predicted octanol–water partition coefficient (Wildman–Crippen LogP) is 4.62. The van der Waals surface area contributed by atoms with Crippen molar-refractivity contribution in [3.05, 3.63) is 70.4 Å². The molecule has 1 aliphatic heterocycles. The second-order valence-corrected chi connectivity index (χ2v) is 7.73. The minimum atomic E-state index is -0.0557. The largest absolute Gasteiger partial charge is 0.497 e. The van der Waals surface area contributed by atoms with E-state index in [4.69, 9.17) is 21.4 Å². The van der Waals surface area contributed by atoms with Crippen LogP contribution in [0, 0.1) is 6.92 Å². The minimum Gasteiger partial charge on any atom is -0.497 e. The van der Waals surface area contributed by atoms with Crippen LogP contribution < -0.4 is 10.1 Å². The molecule has 0 aliphatic carbocycles. The monoisotopic (exact) mass is 399 g/mol. The molecule has 1 aliphatic rings. The summed E-state index contributed by atoms with van der Waals surface area (Å²) < 4.78 is 7.10. The Balaban J connectivity index is 1.90. The van der Waals surface area contributed by atoms with Gasteiger partial charge < -0.3 is 10.1 Å². The molecule has 27 heavy (non-hydrogen) atoms. The van der Waals surface area contributed by atoms with Gasteiger partial charge in [0.1, 0.15) is 11.6 Å². The number of nitrogens with zero attached hydrogens (tertiary/aromatic N) is 2. The first-order valence-electron chi connectivity index (χ1n) is 8.48. The van der Waals surface area contributed by atoms with E-state index in [0.717, 1.165) is 28.3 Å². The zero-order chi connectivity index (χ0) is 19.0. The van der Waals surface area contributed by atoms with Crippen LogP contribution in [-0.4, -0.2) is 28.6 Å². The highest BCUT2D eigenvalue weighted by molar-refractivity contribution is 8.00. The van der Waals surface area contributed by atoms with E-state index in [0.29, 0.717) is 16.6 Å². The maximum Gasteiger partial charge on any atom is 0.235 e. The quantitative estimate of drug-likeness (QED) is 0.698. The molecular weight excluding hydrogens is 382 g/mol. The van der Waals surface area contributed by atoms with Gasteiger partial charge in [-0.1, -0.05) is 35.9 Å². The van der Waals surface area contributed by atoms with Crippen LogP contribution in [0.4, 0.5) is 5.82 Å². The van der Waals surface area contributed by atoms with Crippen molar-refractivity contribution in [2.24, 2.45) is 0 Å². The standard InChI is InChI=1S/C20H18ClN3O2S/c1-12-18-19(13-6-5-7-14(10-13)26-2)27-11-17(25)22-20(18)24(23-12)16-9-4-3-8-15(16)21/h3-10,19H,11H2,1-2H3,(H,22,25)/t19-/m1/s1. The molecule has 0 bridgehead atoms. The van der Waals surface area contributed by atoms with E-state index in [1.807, 2.05) is 55.5 Å². The third-order valence-corrected chi connectivity index (χ3v) is 6.07. The average Bonchev–Trinajstić information content (AvgIpc) is 2.87. The number of aryl methyl sites for hydroxylation is 1. The lowest BCUT2D eigenvalue weighted by Crippen LogP contribution is -2.16. The molecule has 1 aromatic heterocycles. The number of nitrogens with one attached hydrogen (secondary N) is 1. The maximum atomic E-state index is 12.4. The van der Waals surface area contributed by atoms with Gasteiger partial charge in [0.05, 0.1) is 34.5 Å². The van der Waals surface area contributed by atoms with Crippen LogP contribution in [0.3, 0.4) is 0 Å². The van der Waals surface area contributed by atoms with Crippen molar-refractivity contribution in [3.8, 4) is 11.4 Å². The molecule has 2 heterocycles. The number of ether oxygens (including phenoxy) is 1. The summed E-state index contributed by atoms with van der Waals surface area (Å²) in [6.45, 7) is 1.96. The van der Waals surface area contributed by atoms with Crippen molar-refractivity contribution in [1.82, 2.24) is 9.78 Å². The van der Waals surface area contributed by atoms with Crippen LogP contribution >= 0.6 is 23.4 Å². The molecule has 0 unspecified atom stereocenters. The Morgan fingerprint density at radius 2 is 2.07 bits per heavy atom. The van der Waals surface area contributed by atoms with E-state index in [-0.39, 0.29) is 11.2 Å². The van der Waals surface area contributed by atoms with E-state index < -0.39 is 0 Å². The highest BCUT2D eigenvalue weighted by atomic mass is 35.5. The number of para-hydroxylation sites is 1. The molecular formula is C20H18ClN3O2S. The summed E-state index contributed by atoms with van der Waals surface area (Å²) in [6.07, 6.45) is 0. The first kappa shape index (κ1) is 17.9. The van der Waals surface area contributed by atoms with Gasteiger partial charge >= 0.3 is 0 Å². The minimum absolute atomic E-state index is 0.0368. The Kier molecular flexibility index (Phi) is 4.85. The van der Waals surface area contributed by atoms with Gasteiger partial charge in [-0.3, -0.25) is 4.79 Å². The number of benzene rings is 2. The van der Waals surface area contributed by atoms with Crippen LogP contribution in [0.1, 0.15) is 22.1 Å². The lowest BCUT2D eigenvalue weighted by molar-refractivity contribution is -0.113. The molecule has 7 heteroatoms. The van der Waals surface area contributed by atoms with E-state index in [1.165, 1.54) is 0 Å². The summed E-state index contributed by atoms with van der Waals surface area (Å²) in [5.41, 5.74) is 3.64. The lowest BCUT2D eigenvalue weighted by atomic mass is 10.0. The predicted molar refractivity (Wildman–Crippen MR) is 109 cm³/mol. The summed E-state index contributed by atoms with van der Waals surface area (Å²) in [6, 6.07) is 15.4. The number of hydrogen-bond acceptors (Lipinski definition) is 4. The molecule has 0 radical (unpaired) electrons. The number of methoxy groups -OCH3 is 1.